The van der Waals surface area contributed by atoms with E-state index in [1.165, 1.54) is 0 Å². The van der Waals surface area contributed by atoms with Crippen LogP contribution in [0.25, 0.3) is 0 Å². The Morgan fingerprint density at radius 2 is 2.05 bits per heavy atom. The zero-order valence-electron chi connectivity index (χ0n) is 12.9. The molecular formula is C17H24N2O2. The summed E-state index contributed by atoms with van der Waals surface area (Å²) in [6.45, 7) is 5.94. The topological polar surface area (TPSA) is 41.6 Å². The van der Waals surface area contributed by atoms with E-state index in [2.05, 4.69) is 31.3 Å². The number of anilines is 2. The molecule has 2 heterocycles. The van der Waals surface area contributed by atoms with Gasteiger partial charge >= 0.3 is 0 Å². The molecule has 0 spiro atoms. The number of nitrogens with one attached hydrogen (secondary N) is 1. The SMILES string of the molecule is CC1(C)CC(Nc2ccc(N3CCCC3=O)cc2)CCO1. The van der Waals surface area contributed by atoms with Crippen LogP contribution in [-0.2, 0) is 9.53 Å². The lowest BCUT2D eigenvalue weighted by Crippen LogP contribution is -2.40. The molecule has 2 saturated heterocycles. The van der Waals surface area contributed by atoms with Gasteiger partial charge in [-0.05, 0) is 57.4 Å². The number of hydrogen-bond acceptors (Lipinski definition) is 3. The molecule has 1 atom stereocenters. The minimum atomic E-state index is -0.0438. The van der Waals surface area contributed by atoms with E-state index in [1.54, 1.807) is 0 Å². The van der Waals surface area contributed by atoms with Gasteiger partial charge in [0.05, 0.1) is 5.60 Å². The molecule has 4 nitrogen and oxygen atoms in total. The first-order valence-corrected chi connectivity index (χ1v) is 7.84. The first-order chi connectivity index (χ1) is 10.0. The van der Waals surface area contributed by atoms with E-state index in [0.717, 1.165) is 43.8 Å². The van der Waals surface area contributed by atoms with Crippen LogP contribution in [0.2, 0.25) is 0 Å². The van der Waals surface area contributed by atoms with Gasteiger partial charge in [-0.2, -0.15) is 0 Å². The summed E-state index contributed by atoms with van der Waals surface area (Å²) in [6.07, 6.45) is 3.70. The summed E-state index contributed by atoms with van der Waals surface area (Å²) < 4.78 is 5.75. The number of amides is 1. The molecule has 4 heteroatoms. The molecular weight excluding hydrogens is 264 g/mol. The minimum Gasteiger partial charge on any atom is -0.382 e. The fourth-order valence-electron chi connectivity index (χ4n) is 3.25. The molecule has 2 fully saturated rings. The Morgan fingerprint density at radius 1 is 1.29 bits per heavy atom. The van der Waals surface area contributed by atoms with Crippen molar-refractivity contribution in [2.75, 3.05) is 23.4 Å². The summed E-state index contributed by atoms with van der Waals surface area (Å²) in [7, 11) is 0. The predicted molar refractivity (Wildman–Crippen MR) is 84.7 cm³/mol. The zero-order valence-corrected chi connectivity index (χ0v) is 12.9. The highest BCUT2D eigenvalue weighted by molar-refractivity contribution is 5.95. The largest absolute Gasteiger partial charge is 0.382 e. The number of rotatable bonds is 3. The third kappa shape index (κ3) is 3.38. The van der Waals surface area contributed by atoms with Crippen molar-refractivity contribution in [2.24, 2.45) is 0 Å². The number of carbonyl (C=O) groups is 1. The number of hydrogen-bond donors (Lipinski definition) is 1. The molecule has 1 aromatic carbocycles. The van der Waals surface area contributed by atoms with Crippen LogP contribution in [0.3, 0.4) is 0 Å². The second-order valence-electron chi connectivity index (χ2n) is 6.64. The van der Waals surface area contributed by atoms with Crippen molar-refractivity contribution in [3.8, 4) is 0 Å². The number of benzene rings is 1. The maximum atomic E-state index is 11.7. The number of nitrogens with zero attached hydrogens (tertiary/aromatic N) is 1. The van der Waals surface area contributed by atoms with Crippen LogP contribution in [0, 0.1) is 0 Å². The van der Waals surface area contributed by atoms with Gasteiger partial charge in [-0.15, -0.1) is 0 Å². The van der Waals surface area contributed by atoms with Crippen molar-refractivity contribution in [2.45, 2.75) is 51.2 Å². The molecule has 114 valence electrons. The van der Waals surface area contributed by atoms with Crippen LogP contribution in [0.5, 0.6) is 0 Å². The lowest BCUT2D eigenvalue weighted by atomic mass is 9.94. The fraction of sp³-hybridized carbons (Fsp3) is 0.588. The Labute approximate surface area is 126 Å². The quantitative estimate of drug-likeness (QED) is 0.928. The van der Waals surface area contributed by atoms with Gasteiger partial charge in [-0.1, -0.05) is 0 Å². The normalized spacial score (nSPS) is 25.1. The molecule has 0 bridgehead atoms. The molecule has 1 unspecified atom stereocenters. The predicted octanol–water partition coefficient (Wildman–Crippen LogP) is 3.18. The third-order valence-electron chi connectivity index (χ3n) is 4.32. The monoisotopic (exact) mass is 288 g/mol. The number of carbonyl (C=O) groups excluding carboxylic acids is 1. The minimum absolute atomic E-state index is 0.0438. The van der Waals surface area contributed by atoms with Gasteiger partial charge in [0.2, 0.25) is 5.91 Å². The second-order valence-corrected chi connectivity index (χ2v) is 6.64. The molecule has 0 radical (unpaired) electrons. The van der Waals surface area contributed by atoms with E-state index in [-0.39, 0.29) is 11.5 Å². The molecule has 21 heavy (non-hydrogen) atoms. The molecule has 1 aromatic rings. The Balaban J connectivity index is 1.63. The van der Waals surface area contributed by atoms with Gasteiger partial charge in [-0.3, -0.25) is 4.79 Å². The molecule has 1 amide bonds. The Kier molecular flexibility index (Phi) is 3.89. The summed E-state index contributed by atoms with van der Waals surface area (Å²) in [5, 5.41) is 3.58. The number of ether oxygens (including phenoxy) is 1. The van der Waals surface area contributed by atoms with Gasteiger partial charge in [0.1, 0.15) is 0 Å². The summed E-state index contributed by atoms with van der Waals surface area (Å²) in [6, 6.07) is 8.67. The maximum absolute atomic E-state index is 11.7. The maximum Gasteiger partial charge on any atom is 0.227 e. The van der Waals surface area contributed by atoms with Crippen LogP contribution in [0.4, 0.5) is 11.4 Å². The smallest absolute Gasteiger partial charge is 0.227 e. The van der Waals surface area contributed by atoms with Gasteiger partial charge in [0.25, 0.3) is 0 Å². The van der Waals surface area contributed by atoms with E-state index < -0.39 is 0 Å². The molecule has 1 N–H and O–H groups in total. The summed E-state index contributed by atoms with van der Waals surface area (Å²) in [5.41, 5.74) is 2.08. The molecule has 3 rings (SSSR count). The van der Waals surface area contributed by atoms with Crippen LogP contribution in [0.1, 0.15) is 39.5 Å². The molecule has 2 aliphatic heterocycles. The van der Waals surface area contributed by atoms with E-state index in [9.17, 15) is 4.79 Å². The summed E-state index contributed by atoms with van der Waals surface area (Å²) in [5.74, 6) is 0.238. The van der Waals surface area contributed by atoms with Gasteiger partial charge in [0, 0.05) is 37.0 Å². The summed E-state index contributed by atoms with van der Waals surface area (Å²) in [4.78, 5) is 13.6. The first kappa shape index (κ1) is 14.4. The van der Waals surface area contributed by atoms with Crippen LogP contribution in [-0.4, -0.2) is 30.7 Å². The molecule has 2 aliphatic rings. The highest BCUT2D eigenvalue weighted by atomic mass is 16.5. The molecule has 0 aliphatic carbocycles. The Bertz CT molecular complexity index is 510. The van der Waals surface area contributed by atoms with Crippen molar-refractivity contribution in [3.05, 3.63) is 24.3 Å². The van der Waals surface area contributed by atoms with Crippen molar-refractivity contribution < 1.29 is 9.53 Å². The zero-order chi connectivity index (χ0) is 14.9. The van der Waals surface area contributed by atoms with E-state index in [1.807, 2.05) is 17.0 Å². The van der Waals surface area contributed by atoms with Crippen molar-refractivity contribution in [1.29, 1.82) is 0 Å². The van der Waals surface area contributed by atoms with E-state index in [0.29, 0.717) is 12.5 Å². The van der Waals surface area contributed by atoms with Crippen molar-refractivity contribution in [3.63, 3.8) is 0 Å². The Hall–Kier alpha value is -1.55. The van der Waals surface area contributed by atoms with Crippen LogP contribution < -0.4 is 10.2 Å². The average molecular weight is 288 g/mol. The van der Waals surface area contributed by atoms with Crippen LogP contribution >= 0.6 is 0 Å². The third-order valence-corrected chi connectivity index (χ3v) is 4.32. The van der Waals surface area contributed by atoms with Crippen molar-refractivity contribution in [1.82, 2.24) is 0 Å². The van der Waals surface area contributed by atoms with Gasteiger partial charge in [0.15, 0.2) is 0 Å². The van der Waals surface area contributed by atoms with Gasteiger partial charge < -0.3 is 15.0 Å². The first-order valence-electron chi connectivity index (χ1n) is 7.84. The second kappa shape index (κ2) is 5.68. The Morgan fingerprint density at radius 3 is 2.67 bits per heavy atom. The average Bonchev–Trinajstić information content (AvgIpc) is 2.85. The van der Waals surface area contributed by atoms with Crippen molar-refractivity contribution >= 4 is 17.3 Å². The van der Waals surface area contributed by atoms with Gasteiger partial charge in [-0.25, -0.2) is 0 Å². The molecule has 0 saturated carbocycles. The fourth-order valence-corrected chi connectivity index (χ4v) is 3.25. The highest BCUT2D eigenvalue weighted by Crippen LogP contribution is 2.28. The van der Waals surface area contributed by atoms with E-state index >= 15 is 0 Å². The van der Waals surface area contributed by atoms with Crippen LogP contribution in [0.15, 0.2) is 24.3 Å². The van der Waals surface area contributed by atoms with E-state index in [4.69, 9.17) is 4.74 Å². The lowest BCUT2D eigenvalue weighted by molar-refractivity contribution is -0.117. The highest BCUT2D eigenvalue weighted by Gasteiger charge is 2.28. The lowest BCUT2D eigenvalue weighted by Gasteiger charge is -2.36. The summed E-state index contributed by atoms with van der Waals surface area (Å²) >= 11 is 0. The molecule has 0 aromatic heterocycles. The standard InChI is InChI=1S/C17H24N2O2/c1-17(2)12-14(9-11-21-17)18-13-5-7-15(8-6-13)19-10-3-4-16(19)20/h5-8,14,18H,3-4,9-12H2,1-2H3.